The molecule has 0 bridgehead atoms. The predicted octanol–water partition coefficient (Wildman–Crippen LogP) is -0.106. The van der Waals surface area contributed by atoms with Gasteiger partial charge in [0.05, 0.1) is 18.8 Å². The van der Waals surface area contributed by atoms with Gasteiger partial charge >= 0.3 is 0 Å². The van der Waals surface area contributed by atoms with Gasteiger partial charge in [0, 0.05) is 12.8 Å². The van der Waals surface area contributed by atoms with Crippen LogP contribution in [0.15, 0.2) is 18.3 Å². The first-order valence-corrected chi connectivity index (χ1v) is 4.97. The van der Waals surface area contributed by atoms with E-state index in [0.717, 1.165) is 0 Å². The number of nitrogens with one attached hydrogen (secondary N) is 2. The van der Waals surface area contributed by atoms with Crippen LogP contribution in [-0.4, -0.2) is 41.4 Å². The van der Waals surface area contributed by atoms with E-state index in [9.17, 15) is 9.90 Å². The minimum Gasteiger partial charge on any atom is -0.389 e. The van der Waals surface area contributed by atoms with Crippen LogP contribution in [0.4, 0.5) is 0 Å². The molecule has 5 heteroatoms. The van der Waals surface area contributed by atoms with Gasteiger partial charge in [-0.25, -0.2) is 0 Å². The fraction of sp³-hybridized carbons (Fsp3) is 0.500. The Morgan fingerprint density at radius 3 is 3.20 bits per heavy atom. The largest absolute Gasteiger partial charge is 0.389 e. The van der Waals surface area contributed by atoms with Crippen LogP contribution < -0.4 is 5.32 Å². The number of ether oxygens (including phenoxy) is 1. The van der Waals surface area contributed by atoms with Gasteiger partial charge in [0.1, 0.15) is 5.69 Å². The molecular formula is C10H14N2O3. The lowest BCUT2D eigenvalue weighted by Crippen LogP contribution is -2.48. The van der Waals surface area contributed by atoms with E-state index >= 15 is 0 Å². The zero-order valence-electron chi connectivity index (χ0n) is 8.27. The summed E-state index contributed by atoms with van der Waals surface area (Å²) in [5.74, 6) is -0.189. The first-order chi connectivity index (χ1) is 7.27. The normalized spacial score (nSPS) is 26.2. The Bertz CT molecular complexity index is 323. The highest BCUT2D eigenvalue weighted by Crippen LogP contribution is 2.08. The second-order valence-corrected chi connectivity index (χ2v) is 3.59. The van der Waals surface area contributed by atoms with Gasteiger partial charge < -0.3 is 20.1 Å². The molecular weight excluding hydrogens is 196 g/mol. The zero-order chi connectivity index (χ0) is 10.7. The summed E-state index contributed by atoms with van der Waals surface area (Å²) in [5.41, 5.74) is 0.508. The predicted molar refractivity (Wildman–Crippen MR) is 53.5 cm³/mol. The molecule has 3 N–H and O–H groups in total. The van der Waals surface area contributed by atoms with E-state index in [1.54, 1.807) is 18.3 Å². The summed E-state index contributed by atoms with van der Waals surface area (Å²) in [6, 6.07) is 3.24. The van der Waals surface area contributed by atoms with Crippen molar-refractivity contribution in [3.05, 3.63) is 24.0 Å². The molecule has 1 aliphatic heterocycles. The van der Waals surface area contributed by atoms with E-state index in [4.69, 9.17) is 4.74 Å². The maximum absolute atomic E-state index is 11.6. The first-order valence-electron chi connectivity index (χ1n) is 4.97. The number of amides is 1. The molecule has 0 saturated carbocycles. The van der Waals surface area contributed by atoms with Gasteiger partial charge in [-0.15, -0.1) is 0 Å². The van der Waals surface area contributed by atoms with Crippen molar-refractivity contribution < 1.29 is 14.6 Å². The lowest BCUT2D eigenvalue weighted by Gasteiger charge is -2.28. The third kappa shape index (κ3) is 2.37. The van der Waals surface area contributed by atoms with E-state index in [1.807, 2.05) is 0 Å². The summed E-state index contributed by atoms with van der Waals surface area (Å²) in [6.45, 7) is 0.863. The smallest absolute Gasteiger partial charge is 0.267 e. The number of aromatic amines is 1. The van der Waals surface area contributed by atoms with Crippen molar-refractivity contribution in [3.8, 4) is 0 Å². The van der Waals surface area contributed by atoms with E-state index in [2.05, 4.69) is 10.3 Å². The van der Waals surface area contributed by atoms with Crippen LogP contribution in [0.3, 0.4) is 0 Å². The van der Waals surface area contributed by atoms with E-state index < -0.39 is 6.10 Å². The SMILES string of the molecule is O=C(N[C@@H]1CCOC[C@H]1O)c1ccc[nH]1. The van der Waals surface area contributed by atoms with Crippen LogP contribution in [0.5, 0.6) is 0 Å². The Labute approximate surface area is 87.4 Å². The molecule has 0 aromatic carbocycles. The van der Waals surface area contributed by atoms with E-state index in [-0.39, 0.29) is 18.6 Å². The Kier molecular flexibility index (Phi) is 3.03. The molecule has 82 valence electrons. The van der Waals surface area contributed by atoms with Gasteiger partial charge in [0.2, 0.25) is 0 Å². The highest BCUT2D eigenvalue weighted by Gasteiger charge is 2.25. The fourth-order valence-corrected chi connectivity index (χ4v) is 1.61. The zero-order valence-corrected chi connectivity index (χ0v) is 8.27. The van der Waals surface area contributed by atoms with E-state index in [0.29, 0.717) is 18.7 Å². The van der Waals surface area contributed by atoms with Crippen molar-refractivity contribution in [2.75, 3.05) is 13.2 Å². The van der Waals surface area contributed by atoms with Crippen LogP contribution in [0.2, 0.25) is 0 Å². The maximum Gasteiger partial charge on any atom is 0.267 e. The number of aliphatic hydroxyl groups excluding tert-OH is 1. The van der Waals surface area contributed by atoms with Crippen LogP contribution in [0, 0.1) is 0 Å². The third-order valence-electron chi connectivity index (χ3n) is 2.49. The number of hydrogen-bond donors (Lipinski definition) is 3. The molecule has 15 heavy (non-hydrogen) atoms. The van der Waals surface area contributed by atoms with Crippen LogP contribution in [-0.2, 0) is 4.74 Å². The number of carbonyl (C=O) groups excluding carboxylic acids is 1. The molecule has 2 heterocycles. The summed E-state index contributed by atoms with van der Waals surface area (Å²) in [5, 5.41) is 12.3. The Morgan fingerprint density at radius 2 is 2.53 bits per heavy atom. The second kappa shape index (κ2) is 4.46. The molecule has 1 aliphatic rings. The van der Waals surface area contributed by atoms with Gasteiger partial charge in [-0.05, 0) is 18.6 Å². The maximum atomic E-state index is 11.6. The van der Waals surface area contributed by atoms with Crippen molar-refractivity contribution in [1.82, 2.24) is 10.3 Å². The first kappa shape index (κ1) is 10.2. The molecule has 0 unspecified atom stereocenters. The summed E-state index contributed by atoms with van der Waals surface area (Å²) in [6.07, 6.45) is 1.72. The van der Waals surface area contributed by atoms with Crippen molar-refractivity contribution >= 4 is 5.91 Å². The number of carbonyl (C=O) groups is 1. The van der Waals surface area contributed by atoms with Crippen LogP contribution in [0.1, 0.15) is 16.9 Å². The molecule has 0 aliphatic carbocycles. The molecule has 5 nitrogen and oxygen atoms in total. The molecule has 1 aromatic heterocycles. The average Bonchev–Trinajstić information content (AvgIpc) is 2.74. The Morgan fingerprint density at radius 1 is 1.67 bits per heavy atom. The molecule has 0 radical (unpaired) electrons. The minimum atomic E-state index is -0.613. The number of rotatable bonds is 2. The second-order valence-electron chi connectivity index (χ2n) is 3.59. The van der Waals surface area contributed by atoms with Gasteiger partial charge in [-0.2, -0.15) is 0 Å². The van der Waals surface area contributed by atoms with Gasteiger partial charge in [0.15, 0.2) is 0 Å². The number of H-pyrrole nitrogens is 1. The molecule has 2 rings (SSSR count). The summed E-state index contributed by atoms with van der Waals surface area (Å²) in [4.78, 5) is 14.4. The Hall–Kier alpha value is -1.33. The summed E-state index contributed by atoms with van der Waals surface area (Å²) < 4.78 is 5.08. The lowest BCUT2D eigenvalue weighted by molar-refractivity contribution is -0.0261. The van der Waals surface area contributed by atoms with Crippen molar-refractivity contribution in [2.45, 2.75) is 18.6 Å². The fourth-order valence-electron chi connectivity index (χ4n) is 1.61. The standard InChI is InChI=1S/C10H14N2O3/c13-9-6-15-5-3-7(9)12-10(14)8-2-1-4-11-8/h1-2,4,7,9,11,13H,3,5-6H2,(H,12,14)/t7-,9-/m1/s1. The van der Waals surface area contributed by atoms with Gasteiger partial charge in [-0.1, -0.05) is 0 Å². The molecule has 1 amide bonds. The molecule has 2 atom stereocenters. The highest BCUT2D eigenvalue weighted by atomic mass is 16.5. The van der Waals surface area contributed by atoms with Crippen LogP contribution >= 0.6 is 0 Å². The van der Waals surface area contributed by atoms with Gasteiger partial charge in [0.25, 0.3) is 5.91 Å². The summed E-state index contributed by atoms with van der Waals surface area (Å²) in [7, 11) is 0. The quantitative estimate of drug-likeness (QED) is 0.638. The van der Waals surface area contributed by atoms with Crippen molar-refractivity contribution in [2.24, 2.45) is 0 Å². The van der Waals surface area contributed by atoms with Crippen molar-refractivity contribution in [3.63, 3.8) is 0 Å². The van der Waals surface area contributed by atoms with Crippen LogP contribution in [0.25, 0.3) is 0 Å². The van der Waals surface area contributed by atoms with E-state index in [1.165, 1.54) is 0 Å². The molecule has 1 fully saturated rings. The Balaban J connectivity index is 1.93. The lowest BCUT2D eigenvalue weighted by atomic mass is 10.1. The average molecular weight is 210 g/mol. The molecule has 0 spiro atoms. The number of hydrogen-bond acceptors (Lipinski definition) is 3. The number of aromatic nitrogens is 1. The van der Waals surface area contributed by atoms with Gasteiger partial charge in [-0.3, -0.25) is 4.79 Å². The minimum absolute atomic E-state index is 0.189. The third-order valence-corrected chi connectivity index (χ3v) is 2.49. The summed E-state index contributed by atoms with van der Waals surface area (Å²) >= 11 is 0. The topological polar surface area (TPSA) is 74.3 Å². The van der Waals surface area contributed by atoms with Crippen molar-refractivity contribution in [1.29, 1.82) is 0 Å². The molecule has 1 saturated heterocycles. The highest BCUT2D eigenvalue weighted by molar-refractivity contribution is 5.92. The molecule has 1 aromatic rings. The monoisotopic (exact) mass is 210 g/mol. The number of aliphatic hydroxyl groups is 1.